The standard InChI is InChI=1S/C28H40N6O3/c1-16(2)34-24-22(14-30-34)20(10-23(32-24)19-11-27(4,5)33-28(6,7)12-19)25(35)29-13-21-18(15-37-8)9-17(3)31-26(21)36/h9-11,14,16,18,21,33H,12-13,15H2,1-8H3,(H,29,35)(H,31,36). The van der Waals surface area contributed by atoms with E-state index in [0.29, 0.717) is 23.2 Å². The number of allylic oxidation sites excluding steroid dienone is 1. The molecule has 2 aromatic rings. The van der Waals surface area contributed by atoms with Gasteiger partial charge in [0.25, 0.3) is 5.91 Å². The summed E-state index contributed by atoms with van der Waals surface area (Å²) in [4.78, 5) is 31.3. The fourth-order valence-corrected chi connectivity index (χ4v) is 5.69. The third-order valence-electron chi connectivity index (χ3n) is 6.94. The second-order valence-corrected chi connectivity index (χ2v) is 11.8. The number of nitrogens with one attached hydrogen (secondary N) is 3. The molecule has 2 aliphatic heterocycles. The van der Waals surface area contributed by atoms with Crippen molar-refractivity contribution in [1.82, 2.24) is 30.7 Å². The van der Waals surface area contributed by atoms with Gasteiger partial charge in [-0.05, 0) is 66.5 Å². The molecule has 2 unspecified atom stereocenters. The predicted molar refractivity (Wildman–Crippen MR) is 145 cm³/mol. The summed E-state index contributed by atoms with van der Waals surface area (Å²) in [6, 6.07) is 1.95. The highest BCUT2D eigenvalue weighted by Crippen LogP contribution is 2.34. The van der Waals surface area contributed by atoms with E-state index in [1.54, 1.807) is 13.3 Å². The van der Waals surface area contributed by atoms with Crippen molar-refractivity contribution >= 4 is 28.4 Å². The van der Waals surface area contributed by atoms with Crippen molar-refractivity contribution in [3.63, 3.8) is 0 Å². The number of rotatable bonds is 7. The van der Waals surface area contributed by atoms with Crippen molar-refractivity contribution < 1.29 is 14.3 Å². The van der Waals surface area contributed by atoms with Gasteiger partial charge in [0.1, 0.15) is 0 Å². The SMILES string of the molecule is COCC1C=C(C)NC(=O)C1CNC(=O)c1cc(C2=CC(C)(C)NC(C)(C)C2)nc2c1cnn2C(C)C. The molecule has 0 fully saturated rings. The van der Waals surface area contributed by atoms with E-state index in [1.807, 2.05) is 37.6 Å². The maximum absolute atomic E-state index is 13.6. The molecule has 4 rings (SSSR count). The van der Waals surface area contributed by atoms with Crippen LogP contribution in [-0.4, -0.2) is 57.9 Å². The largest absolute Gasteiger partial charge is 0.384 e. The van der Waals surface area contributed by atoms with Gasteiger partial charge in [-0.3, -0.25) is 9.59 Å². The number of carbonyl (C=O) groups is 2. The Morgan fingerprint density at radius 2 is 2.03 bits per heavy atom. The Labute approximate surface area is 219 Å². The number of fused-ring (bicyclic) bond motifs is 1. The number of carbonyl (C=O) groups excluding carboxylic acids is 2. The van der Waals surface area contributed by atoms with Crippen molar-refractivity contribution in [2.45, 2.75) is 72.0 Å². The number of methoxy groups -OCH3 is 1. The highest BCUT2D eigenvalue weighted by molar-refractivity contribution is 6.06. The number of aromatic nitrogens is 3. The van der Waals surface area contributed by atoms with Gasteiger partial charge in [-0.1, -0.05) is 12.2 Å². The van der Waals surface area contributed by atoms with E-state index in [9.17, 15) is 9.59 Å². The number of nitrogens with zero attached hydrogens (tertiary/aromatic N) is 3. The third kappa shape index (κ3) is 5.78. The first kappa shape index (κ1) is 27.0. The molecule has 0 bridgehead atoms. The Bertz CT molecular complexity index is 1270. The van der Waals surface area contributed by atoms with Crippen molar-refractivity contribution in [1.29, 1.82) is 0 Å². The minimum Gasteiger partial charge on any atom is -0.384 e. The van der Waals surface area contributed by atoms with E-state index < -0.39 is 5.92 Å². The summed E-state index contributed by atoms with van der Waals surface area (Å²) in [5, 5.41) is 14.8. The van der Waals surface area contributed by atoms with Crippen LogP contribution in [0.5, 0.6) is 0 Å². The van der Waals surface area contributed by atoms with E-state index >= 15 is 0 Å². The van der Waals surface area contributed by atoms with Gasteiger partial charge < -0.3 is 20.7 Å². The van der Waals surface area contributed by atoms with Crippen LogP contribution < -0.4 is 16.0 Å². The van der Waals surface area contributed by atoms with Crippen LogP contribution in [0.3, 0.4) is 0 Å². The maximum atomic E-state index is 13.6. The molecule has 0 aliphatic carbocycles. The monoisotopic (exact) mass is 508 g/mol. The molecular formula is C28H40N6O3. The summed E-state index contributed by atoms with van der Waals surface area (Å²) in [6.07, 6.45) is 6.67. The molecule has 3 N–H and O–H groups in total. The van der Waals surface area contributed by atoms with Crippen molar-refractivity contribution in [3.8, 4) is 0 Å². The number of amides is 2. The Kier molecular flexibility index (Phi) is 7.32. The first-order valence-electron chi connectivity index (χ1n) is 13.0. The first-order chi connectivity index (χ1) is 17.3. The Morgan fingerprint density at radius 3 is 2.68 bits per heavy atom. The summed E-state index contributed by atoms with van der Waals surface area (Å²) in [5.41, 5.74) is 3.51. The number of ether oxygens (including phenoxy) is 1. The van der Waals surface area contributed by atoms with Crippen molar-refractivity contribution in [2.24, 2.45) is 11.8 Å². The second-order valence-electron chi connectivity index (χ2n) is 11.8. The summed E-state index contributed by atoms with van der Waals surface area (Å²) < 4.78 is 7.18. The average molecular weight is 509 g/mol. The number of hydrogen-bond acceptors (Lipinski definition) is 6. The van der Waals surface area contributed by atoms with Crippen LogP contribution in [0.4, 0.5) is 0 Å². The van der Waals surface area contributed by atoms with Crippen molar-refractivity contribution in [2.75, 3.05) is 20.3 Å². The quantitative estimate of drug-likeness (QED) is 0.527. The summed E-state index contributed by atoms with van der Waals surface area (Å²) >= 11 is 0. The minimum absolute atomic E-state index is 0.0850. The lowest BCUT2D eigenvalue weighted by atomic mass is 9.82. The van der Waals surface area contributed by atoms with Gasteiger partial charge in [0.2, 0.25) is 5.91 Å². The lowest BCUT2D eigenvalue weighted by molar-refractivity contribution is -0.126. The van der Waals surface area contributed by atoms with E-state index in [4.69, 9.17) is 9.72 Å². The zero-order valence-corrected chi connectivity index (χ0v) is 23.2. The molecule has 2 aromatic heterocycles. The molecule has 0 spiro atoms. The summed E-state index contributed by atoms with van der Waals surface area (Å²) in [6.45, 7) is 15.2. The Balaban J connectivity index is 1.71. The van der Waals surface area contributed by atoms with Crippen LogP contribution in [0, 0.1) is 11.8 Å². The van der Waals surface area contributed by atoms with E-state index in [0.717, 1.165) is 23.4 Å². The average Bonchev–Trinajstić information content (AvgIpc) is 3.20. The Hall–Kier alpha value is -3.04. The van der Waals surface area contributed by atoms with Crippen molar-refractivity contribution in [3.05, 3.63) is 41.4 Å². The van der Waals surface area contributed by atoms with E-state index in [2.05, 4.69) is 54.8 Å². The summed E-state index contributed by atoms with van der Waals surface area (Å²) in [7, 11) is 1.62. The van der Waals surface area contributed by atoms with Crippen LogP contribution in [0.25, 0.3) is 16.6 Å². The second kappa shape index (κ2) is 10.0. The third-order valence-corrected chi connectivity index (χ3v) is 6.94. The van der Waals surface area contributed by atoms with Gasteiger partial charge in [-0.25, -0.2) is 9.67 Å². The van der Waals surface area contributed by atoms with Gasteiger partial charge in [-0.2, -0.15) is 5.10 Å². The van der Waals surface area contributed by atoms with Crippen LogP contribution in [0.15, 0.2) is 30.1 Å². The van der Waals surface area contributed by atoms with E-state index in [1.165, 1.54) is 0 Å². The molecular weight excluding hydrogens is 468 g/mol. The highest BCUT2D eigenvalue weighted by Gasteiger charge is 2.34. The molecule has 0 radical (unpaired) electrons. The zero-order valence-electron chi connectivity index (χ0n) is 23.2. The van der Waals surface area contributed by atoms with E-state index in [-0.39, 0.29) is 41.4 Å². The predicted octanol–water partition coefficient (Wildman–Crippen LogP) is 3.59. The van der Waals surface area contributed by atoms with Gasteiger partial charge in [0.05, 0.1) is 35.4 Å². The highest BCUT2D eigenvalue weighted by atomic mass is 16.5. The number of hydrogen-bond donors (Lipinski definition) is 3. The van der Waals surface area contributed by atoms with Crippen LogP contribution in [0.2, 0.25) is 0 Å². The lowest BCUT2D eigenvalue weighted by Gasteiger charge is -2.41. The minimum atomic E-state index is -0.420. The summed E-state index contributed by atoms with van der Waals surface area (Å²) in [5.74, 6) is -0.892. The van der Waals surface area contributed by atoms with Gasteiger partial charge in [0.15, 0.2) is 5.65 Å². The lowest BCUT2D eigenvalue weighted by Crippen LogP contribution is -2.53. The molecule has 9 nitrogen and oxygen atoms in total. The molecule has 37 heavy (non-hydrogen) atoms. The maximum Gasteiger partial charge on any atom is 0.252 e. The molecule has 0 aromatic carbocycles. The normalized spacial score (nSPS) is 23.0. The fourth-order valence-electron chi connectivity index (χ4n) is 5.69. The molecule has 0 saturated heterocycles. The molecule has 4 heterocycles. The molecule has 200 valence electrons. The molecule has 2 amide bonds. The van der Waals surface area contributed by atoms with Gasteiger partial charge in [0, 0.05) is 42.4 Å². The Morgan fingerprint density at radius 1 is 1.30 bits per heavy atom. The first-order valence-corrected chi connectivity index (χ1v) is 13.0. The molecule has 9 heteroatoms. The zero-order chi connectivity index (χ0) is 27.1. The van der Waals surface area contributed by atoms with Gasteiger partial charge in [-0.15, -0.1) is 0 Å². The topological polar surface area (TPSA) is 110 Å². The number of pyridine rings is 1. The fraction of sp³-hybridized carbons (Fsp3) is 0.571. The van der Waals surface area contributed by atoms with Gasteiger partial charge >= 0.3 is 0 Å². The molecule has 0 saturated carbocycles. The van der Waals surface area contributed by atoms with Crippen LogP contribution in [-0.2, 0) is 9.53 Å². The smallest absolute Gasteiger partial charge is 0.252 e. The molecule has 2 aliphatic rings. The van der Waals surface area contributed by atoms with Crippen LogP contribution in [0.1, 0.15) is 77.0 Å². The van der Waals surface area contributed by atoms with Crippen LogP contribution >= 0.6 is 0 Å². The molecule has 2 atom stereocenters.